The standard InChI is InChI=1S/C22H29N3O/c1-7-16(8-2)25-12-15(6)21-19(25)11-14(5)20(24-21)17-9-10-18(13(3)4)23-22(17)26/h9-13,16H,7-8H2,1-6H3,(H,23,26). The van der Waals surface area contributed by atoms with E-state index in [0.717, 1.165) is 46.4 Å². The summed E-state index contributed by atoms with van der Waals surface area (Å²) in [7, 11) is 0. The van der Waals surface area contributed by atoms with Crippen LogP contribution >= 0.6 is 0 Å². The fourth-order valence-corrected chi connectivity index (χ4v) is 3.69. The van der Waals surface area contributed by atoms with Crippen LogP contribution in [0, 0.1) is 13.8 Å². The van der Waals surface area contributed by atoms with Crippen molar-refractivity contribution >= 4 is 11.0 Å². The van der Waals surface area contributed by atoms with Gasteiger partial charge < -0.3 is 9.55 Å². The summed E-state index contributed by atoms with van der Waals surface area (Å²) >= 11 is 0. The van der Waals surface area contributed by atoms with Gasteiger partial charge in [0.15, 0.2) is 0 Å². The third-order valence-electron chi connectivity index (χ3n) is 5.32. The van der Waals surface area contributed by atoms with E-state index >= 15 is 0 Å². The molecule has 0 saturated carbocycles. The van der Waals surface area contributed by atoms with Crippen molar-refractivity contribution in [1.29, 1.82) is 0 Å². The Balaban J connectivity index is 2.19. The molecule has 0 unspecified atom stereocenters. The molecule has 4 heteroatoms. The molecular weight excluding hydrogens is 322 g/mol. The Morgan fingerprint density at radius 1 is 1.12 bits per heavy atom. The van der Waals surface area contributed by atoms with Crippen LogP contribution < -0.4 is 5.56 Å². The highest BCUT2D eigenvalue weighted by molar-refractivity contribution is 5.84. The first-order chi connectivity index (χ1) is 12.4. The zero-order valence-corrected chi connectivity index (χ0v) is 16.7. The molecular formula is C22H29N3O. The number of nitrogens with zero attached hydrogens (tertiary/aromatic N) is 2. The number of fused-ring (bicyclic) bond motifs is 1. The van der Waals surface area contributed by atoms with Crippen molar-refractivity contribution in [1.82, 2.24) is 14.5 Å². The number of hydrogen-bond acceptors (Lipinski definition) is 2. The lowest BCUT2D eigenvalue weighted by Gasteiger charge is -2.17. The predicted octanol–water partition coefficient (Wildman–Crippen LogP) is 5.49. The zero-order valence-electron chi connectivity index (χ0n) is 16.7. The van der Waals surface area contributed by atoms with Gasteiger partial charge >= 0.3 is 0 Å². The third kappa shape index (κ3) is 3.09. The second-order valence-electron chi connectivity index (χ2n) is 7.52. The Hall–Kier alpha value is -2.36. The SMILES string of the molecule is CCC(CC)n1cc(C)c2nc(-c3ccc(C(C)C)[nH]c3=O)c(C)cc21. The van der Waals surface area contributed by atoms with Gasteiger partial charge in [-0.25, -0.2) is 4.98 Å². The van der Waals surface area contributed by atoms with Crippen LogP contribution in [0.15, 0.2) is 29.2 Å². The number of aromatic amines is 1. The molecule has 3 aromatic rings. The molecule has 0 bridgehead atoms. The quantitative estimate of drug-likeness (QED) is 0.660. The topological polar surface area (TPSA) is 50.7 Å². The van der Waals surface area contributed by atoms with Gasteiger partial charge in [0.25, 0.3) is 5.56 Å². The summed E-state index contributed by atoms with van der Waals surface area (Å²) in [6, 6.07) is 6.56. The van der Waals surface area contributed by atoms with Crippen molar-refractivity contribution in [3.8, 4) is 11.3 Å². The molecule has 0 aliphatic carbocycles. The van der Waals surface area contributed by atoms with Crippen LogP contribution in [0.2, 0.25) is 0 Å². The molecule has 0 amide bonds. The number of nitrogens with one attached hydrogen (secondary N) is 1. The van der Waals surface area contributed by atoms with E-state index < -0.39 is 0 Å². The molecule has 0 aromatic carbocycles. The first kappa shape index (κ1) is 18.4. The Labute approximate surface area is 155 Å². The van der Waals surface area contributed by atoms with Crippen LogP contribution in [0.1, 0.15) is 69.3 Å². The van der Waals surface area contributed by atoms with E-state index in [1.54, 1.807) is 0 Å². The van der Waals surface area contributed by atoms with Crippen LogP contribution in [0.3, 0.4) is 0 Å². The Kier molecular flexibility index (Phi) is 5.03. The summed E-state index contributed by atoms with van der Waals surface area (Å²) in [5.41, 5.74) is 6.64. The van der Waals surface area contributed by atoms with Crippen LogP contribution in [0.5, 0.6) is 0 Å². The Morgan fingerprint density at radius 2 is 1.81 bits per heavy atom. The van der Waals surface area contributed by atoms with Crippen molar-refractivity contribution in [2.45, 2.75) is 66.3 Å². The minimum atomic E-state index is -0.0665. The summed E-state index contributed by atoms with van der Waals surface area (Å²) in [5, 5.41) is 0. The third-order valence-corrected chi connectivity index (χ3v) is 5.32. The van der Waals surface area contributed by atoms with E-state index in [1.165, 1.54) is 0 Å². The van der Waals surface area contributed by atoms with Gasteiger partial charge in [-0.3, -0.25) is 4.79 Å². The van der Waals surface area contributed by atoms with Gasteiger partial charge in [-0.1, -0.05) is 27.7 Å². The highest BCUT2D eigenvalue weighted by Crippen LogP contribution is 2.30. The number of hydrogen-bond donors (Lipinski definition) is 1. The fraction of sp³-hybridized carbons (Fsp3) is 0.455. The molecule has 3 rings (SSSR count). The number of aromatic nitrogens is 3. The summed E-state index contributed by atoms with van der Waals surface area (Å²) in [6.45, 7) is 12.7. The maximum atomic E-state index is 12.6. The van der Waals surface area contributed by atoms with Gasteiger partial charge in [0.2, 0.25) is 0 Å². The van der Waals surface area contributed by atoms with E-state index in [2.05, 4.69) is 56.4 Å². The maximum absolute atomic E-state index is 12.6. The van der Waals surface area contributed by atoms with Gasteiger partial charge in [-0.2, -0.15) is 0 Å². The molecule has 0 atom stereocenters. The first-order valence-corrected chi connectivity index (χ1v) is 9.59. The largest absolute Gasteiger partial charge is 0.343 e. The highest BCUT2D eigenvalue weighted by atomic mass is 16.1. The molecule has 3 aromatic heterocycles. The van der Waals surface area contributed by atoms with Crippen molar-refractivity contribution in [2.24, 2.45) is 0 Å². The van der Waals surface area contributed by atoms with Gasteiger partial charge in [-0.15, -0.1) is 0 Å². The predicted molar refractivity (Wildman–Crippen MR) is 109 cm³/mol. The molecule has 0 spiro atoms. The number of pyridine rings is 2. The van der Waals surface area contributed by atoms with E-state index in [0.29, 0.717) is 17.5 Å². The number of aryl methyl sites for hydroxylation is 2. The van der Waals surface area contributed by atoms with E-state index in [-0.39, 0.29) is 5.56 Å². The van der Waals surface area contributed by atoms with Gasteiger partial charge in [0.05, 0.1) is 22.3 Å². The van der Waals surface area contributed by atoms with E-state index in [1.807, 2.05) is 19.1 Å². The minimum absolute atomic E-state index is 0.0665. The Morgan fingerprint density at radius 3 is 2.38 bits per heavy atom. The fourth-order valence-electron chi connectivity index (χ4n) is 3.69. The maximum Gasteiger partial charge on any atom is 0.257 e. The van der Waals surface area contributed by atoms with Crippen molar-refractivity contribution in [3.05, 3.63) is 51.6 Å². The summed E-state index contributed by atoms with van der Waals surface area (Å²) in [5.74, 6) is 0.296. The van der Waals surface area contributed by atoms with Crippen LogP contribution in [-0.4, -0.2) is 14.5 Å². The first-order valence-electron chi connectivity index (χ1n) is 9.59. The van der Waals surface area contributed by atoms with Crippen LogP contribution in [0.4, 0.5) is 0 Å². The monoisotopic (exact) mass is 351 g/mol. The smallest absolute Gasteiger partial charge is 0.257 e. The van der Waals surface area contributed by atoms with E-state index in [4.69, 9.17) is 4.98 Å². The summed E-state index contributed by atoms with van der Waals surface area (Å²) in [6.07, 6.45) is 4.39. The van der Waals surface area contributed by atoms with Crippen LogP contribution in [0.25, 0.3) is 22.3 Å². The second-order valence-corrected chi connectivity index (χ2v) is 7.52. The molecule has 1 N–H and O–H groups in total. The molecule has 0 fully saturated rings. The van der Waals surface area contributed by atoms with Crippen LogP contribution in [-0.2, 0) is 0 Å². The minimum Gasteiger partial charge on any atom is -0.343 e. The van der Waals surface area contributed by atoms with Gasteiger partial charge in [-0.05, 0) is 61.9 Å². The summed E-state index contributed by atoms with van der Waals surface area (Å²) < 4.78 is 2.35. The highest BCUT2D eigenvalue weighted by Gasteiger charge is 2.17. The number of H-pyrrole nitrogens is 1. The lowest BCUT2D eigenvalue weighted by molar-refractivity contribution is 0.485. The molecule has 26 heavy (non-hydrogen) atoms. The van der Waals surface area contributed by atoms with Crippen molar-refractivity contribution < 1.29 is 0 Å². The normalized spacial score (nSPS) is 11.8. The molecule has 0 aliphatic rings. The molecule has 4 nitrogen and oxygen atoms in total. The molecule has 3 heterocycles. The summed E-state index contributed by atoms with van der Waals surface area (Å²) in [4.78, 5) is 20.5. The molecule has 0 aliphatic heterocycles. The number of rotatable bonds is 5. The molecule has 0 radical (unpaired) electrons. The van der Waals surface area contributed by atoms with Gasteiger partial charge in [0.1, 0.15) is 0 Å². The molecule has 0 saturated heterocycles. The van der Waals surface area contributed by atoms with Crippen molar-refractivity contribution in [3.63, 3.8) is 0 Å². The second kappa shape index (κ2) is 7.10. The zero-order chi connectivity index (χ0) is 19.0. The van der Waals surface area contributed by atoms with E-state index in [9.17, 15) is 4.79 Å². The lowest BCUT2D eigenvalue weighted by atomic mass is 10.0. The Bertz CT molecular complexity index is 991. The van der Waals surface area contributed by atoms with Crippen molar-refractivity contribution in [2.75, 3.05) is 0 Å². The average Bonchev–Trinajstić information content (AvgIpc) is 2.91. The van der Waals surface area contributed by atoms with Gasteiger partial charge in [0, 0.05) is 17.9 Å². The average molecular weight is 351 g/mol. The molecule has 138 valence electrons. The lowest BCUT2D eigenvalue weighted by Crippen LogP contribution is -2.13.